The minimum atomic E-state index is -3.24. The van der Waals surface area contributed by atoms with Crippen LogP contribution >= 0.6 is 12.4 Å². The molecule has 0 radical (unpaired) electrons. The quantitative estimate of drug-likeness (QED) is 0.800. The second kappa shape index (κ2) is 6.76. The second-order valence-electron chi connectivity index (χ2n) is 4.05. The fraction of sp³-hybridized carbons (Fsp3) is 1.00. The Kier molecular flexibility index (Phi) is 6.81. The highest BCUT2D eigenvalue weighted by atomic mass is 35.5. The summed E-state index contributed by atoms with van der Waals surface area (Å²) in [5, 5.41) is 3.24. The summed E-state index contributed by atoms with van der Waals surface area (Å²) in [7, 11) is -0.0772. The van der Waals surface area contributed by atoms with E-state index in [4.69, 9.17) is 0 Å². The molecule has 1 atom stereocenters. The summed E-state index contributed by atoms with van der Waals surface area (Å²) in [6.45, 7) is 4.16. The third-order valence-electron chi connectivity index (χ3n) is 2.68. The van der Waals surface area contributed by atoms with Crippen molar-refractivity contribution in [1.82, 2.24) is 13.9 Å². The number of nitrogens with zero attached hydrogens (tertiary/aromatic N) is 2. The Hall–Kier alpha value is 0.120. The Balaban J connectivity index is 0.00000225. The number of nitrogens with one attached hydrogen (secondary N) is 1. The van der Waals surface area contributed by atoms with Crippen LogP contribution in [0.25, 0.3) is 0 Å². The smallest absolute Gasteiger partial charge is 0.281 e. The minimum absolute atomic E-state index is 0. The summed E-state index contributed by atoms with van der Waals surface area (Å²) in [4.78, 5) is 0. The lowest BCUT2D eigenvalue weighted by atomic mass is 10.1. The normalized spacial score (nSPS) is 23.1. The molecule has 0 saturated carbocycles. The first-order valence-electron chi connectivity index (χ1n) is 5.40. The van der Waals surface area contributed by atoms with E-state index in [0.29, 0.717) is 6.54 Å². The molecule has 0 bridgehead atoms. The first kappa shape index (κ1) is 16.1. The van der Waals surface area contributed by atoms with E-state index in [9.17, 15) is 8.42 Å². The summed E-state index contributed by atoms with van der Waals surface area (Å²) in [6, 6.07) is 0.108. The first-order chi connectivity index (χ1) is 7.00. The molecule has 1 unspecified atom stereocenters. The van der Waals surface area contributed by atoms with Gasteiger partial charge in [0.05, 0.1) is 0 Å². The Morgan fingerprint density at radius 2 is 2.06 bits per heavy atom. The van der Waals surface area contributed by atoms with Gasteiger partial charge >= 0.3 is 0 Å². The molecule has 0 aromatic rings. The highest BCUT2D eigenvalue weighted by Crippen LogP contribution is 2.15. The molecular weight excluding hydrogens is 250 g/mol. The average Bonchev–Trinajstić information content (AvgIpc) is 2.18. The van der Waals surface area contributed by atoms with Gasteiger partial charge in [-0.2, -0.15) is 17.0 Å². The third-order valence-corrected chi connectivity index (χ3v) is 4.67. The summed E-state index contributed by atoms with van der Waals surface area (Å²) in [5.74, 6) is 0. The number of halogens is 1. The van der Waals surface area contributed by atoms with Crippen LogP contribution in [0.5, 0.6) is 0 Å². The van der Waals surface area contributed by atoms with E-state index in [1.54, 1.807) is 18.4 Å². The van der Waals surface area contributed by atoms with E-state index >= 15 is 0 Å². The van der Waals surface area contributed by atoms with Crippen molar-refractivity contribution in [3.8, 4) is 0 Å². The van der Waals surface area contributed by atoms with Gasteiger partial charge in [0.25, 0.3) is 10.2 Å². The van der Waals surface area contributed by atoms with Crippen LogP contribution in [0, 0.1) is 0 Å². The van der Waals surface area contributed by atoms with E-state index in [1.165, 1.54) is 4.31 Å². The van der Waals surface area contributed by atoms with Gasteiger partial charge in [0, 0.05) is 39.8 Å². The zero-order valence-electron chi connectivity index (χ0n) is 10.1. The van der Waals surface area contributed by atoms with Crippen LogP contribution in [0.1, 0.15) is 19.8 Å². The predicted octanol–water partition coefficient (Wildman–Crippen LogP) is 0.288. The van der Waals surface area contributed by atoms with Crippen LogP contribution in [-0.2, 0) is 10.2 Å². The van der Waals surface area contributed by atoms with Crippen molar-refractivity contribution in [2.24, 2.45) is 0 Å². The van der Waals surface area contributed by atoms with E-state index in [1.807, 2.05) is 0 Å². The van der Waals surface area contributed by atoms with E-state index < -0.39 is 10.2 Å². The minimum Gasteiger partial charge on any atom is -0.314 e. The van der Waals surface area contributed by atoms with Crippen molar-refractivity contribution >= 4 is 22.6 Å². The topological polar surface area (TPSA) is 52.7 Å². The molecule has 1 heterocycles. The van der Waals surface area contributed by atoms with E-state index in [-0.39, 0.29) is 18.4 Å². The van der Waals surface area contributed by atoms with Crippen LogP contribution in [0.2, 0.25) is 0 Å². The molecule has 1 saturated heterocycles. The maximum atomic E-state index is 12.0. The Bertz CT molecular complexity index is 293. The lowest BCUT2D eigenvalue weighted by molar-refractivity contribution is 0.242. The molecule has 0 aromatic heterocycles. The molecule has 1 N–H and O–H groups in total. The fourth-order valence-corrected chi connectivity index (χ4v) is 3.13. The summed E-state index contributed by atoms with van der Waals surface area (Å²) >= 11 is 0. The standard InChI is InChI=1S/C9H21N3O2S.ClH/c1-4-5-9-8-10-6-7-12(9)15(13,14)11(2)3;/h9-10H,4-8H2,1-3H3;1H. The van der Waals surface area contributed by atoms with Crippen LogP contribution < -0.4 is 5.32 Å². The number of hydrogen-bond donors (Lipinski definition) is 1. The zero-order chi connectivity index (χ0) is 11.5. The van der Waals surface area contributed by atoms with E-state index in [2.05, 4.69) is 12.2 Å². The van der Waals surface area contributed by atoms with Gasteiger partial charge in [0.15, 0.2) is 0 Å². The molecule has 16 heavy (non-hydrogen) atoms. The SMILES string of the molecule is CCCC1CNCCN1S(=O)(=O)N(C)C.Cl. The van der Waals surface area contributed by atoms with Gasteiger partial charge in [0.2, 0.25) is 0 Å². The number of piperazine rings is 1. The lowest BCUT2D eigenvalue weighted by Crippen LogP contribution is -2.56. The molecular formula is C9H22ClN3O2S. The van der Waals surface area contributed by atoms with Crippen molar-refractivity contribution in [2.75, 3.05) is 33.7 Å². The second-order valence-corrected chi connectivity index (χ2v) is 6.14. The van der Waals surface area contributed by atoms with Gasteiger partial charge in [-0.05, 0) is 6.42 Å². The first-order valence-corrected chi connectivity index (χ1v) is 6.80. The number of rotatable bonds is 4. The molecule has 0 amide bonds. The predicted molar refractivity (Wildman–Crippen MR) is 68.1 cm³/mol. The van der Waals surface area contributed by atoms with Crippen molar-refractivity contribution in [2.45, 2.75) is 25.8 Å². The van der Waals surface area contributed by atoms with Crippen LogP contribution in [-0.4, -0.2) is 56.8 Å². The van der Waals surface area contributed by atoms with Crippen LogP contribution in [0.4, 0.5) is 0 Å². The van der Waals surface area contributed by atoms with Gasteiger partial charge in [-0.3, -0.25) is 0 Å². The summed E-state index contributed by atoms with van der Waals surface area (Å²) < 4.78 is 26.9. The van der Waals surface area contributed by atoms with Crippen LogP contribution in [0.3, 0.4) is 0 Å². The van der Waals surface area contributed by atoms with Crippen molar-refractivity contribution in [3.05, 3.63) is 0 Å². The molecule has 1 aliphatic rings. The molecule has 1 rings (SSSR count). The van der Waals surface area contributed by atoms with Gasteiger partial charge in [-0.15, -0.1) is 12.4 Å². The summed E-state index contributed by atoms with van der Waals surface area (Å²) in [5.41, 5.74) is 0. The largest absolute Gasteiger partial charge is 0.314 e. The van der Waals surface area contributed by atoms with Gasteiger partial charge in [-0.25, -0.2) is 0 Å². The molecule has 0 aromatic carbocycles. The Labute approximate surface area is 105 Å². The van der Waals surface area contributed by atoms with E-state index in [0.717, 1.165) is 25.9 Å². The molecule has 0 aliphatic carbocycles. The molecule has 1 aliphatic heterocycles. The molecule has 98 valence electrons. The van der Waals surface area contributed by atoms with Crippen molar-refractivity contribution in [1.29, 1.82) is 0 Å². The maximum Gasteiger partial charge on any atom is 0.281 e. The fourth-order valence-electron chi connectivity index (χ4n) is 1.84. The molecule has 1 fully saturated rings. The highest BCUT2D eigenvalue weighted by molar-refractivity contribution is 7.86. The number of hydrogen-bond acceptors (Lipinski definition) is 3. The maximum absolute atomic E-state index is 12.0. The van der Waals surface area contributed by atoms with Gasteiger partial charge < -0.3 is 5.32 Å². The molecule has 5 nitrogen and oxygen atoms in total. The van der Waals surface area contributed by atoms with Gasteiger partial charge in [-0.1, -0.05) is 13.3 Å². The monoisotopic (exact) mass is 271 g/mol. The third kappa shape index (κ3) is 3.56. The average molecular weight is 272 g/mol. The van der Waals surface area contributed by atoms with Crippen LogP contribution in [0.15, 0.2) is 0 Å². The lowest BCUT2D eigenvalue weighted by Gasteiger charge is -2.36. The Morgan fingerprint density at radius 3 is 2.56 bits per heavy atom. The molecule has 0 spiro atoms. The van der Waals surface area contributed by atoms with Gasteiger partial charge in [0.1, 0.15) is 0 Å². The Morgan fingerprint density at radius 1 is 1.44 bits per heavy atom. The zero-order valence-corrected chi connectivity index (χ0v) is 11.8. The van der Waals surface area contributed by atoms with Crippen molar-refractivity contribution < 1.29 is 8.42 Å². The molecule has 7 heteroatoms. The van der Waals surface area contributed by atoms with Crippen molar-refractivity contribution in [3.63, 3.8) is 0 Å². The summed E-state index contributed by atoms with van der Waals surface area (Å²) in [6.07, 6.45) is 1.92. The highest BCUT2D eigenvalue weighted by Gasteiger charge is 2.32.